The van der Waals surface area contributed by atoms with Crippen molar-refractivity contribution in [3.63, 3.8) is 0 Å². The highest BCUT2D eigenvalue weighted by atomic mass is 35.5. The highest BCUT2D eigenvalue weighted by Gasteiger charge is 2.48. The summed E-state index contributed by atoms with van der Waals surface area (Å²) in [6, 6.07) is 2.39. The van der Waals surface area contributed by atoms with Crippen molar-refractivity contribution in [2.24, 2.45) is 0 Å². The van der Waals surface area contributed by atoms with E-state index in [9.17, 15) is 34.2 Å². The van der Waals surface area contributed by atoms with Gasteiger partial charge in [0.05, 0.1) is 35.9 Å². The van der Waals surface area contributed by atoms with E-state index >= 15 is 0 Å². The van der Waals surface area contributed by atoms with Crippen LogP contribution in [0.1, 0.15) is 38.3 Å². The summed E-state index contributed by atoms with van der Waals surface area (Å²) in [6.45, 7) is 2.05. The van der Waals surface area contributed by atoms with Crippen LogP contribution in [0.5, 0.6) is 0 Å². The molecular formula is C25H33Cl2N5O7. The van der Waals surface area contributed by atoms with Crippen molar-refractivity contribution in [3.05, 3.63) is 35.9 Å². The Bertz CT molecular complexity index is 1080. The highest BCUT2D eigenvalue weighted by molar-refractivity contribution is 6.32. The standard InChI is InChI=1S/C25H33Cl2N5O7/c1-3-15-25(39)32-10-14(26)19(27)21(32)24(38)31-20(12(2)34)23(37)30-17(11-33)22(36)29-16(9-18(35)28-15)13-7-5-4-6-8-13/h4-8,12,14-17,19-21,33-34H,3,9-11H2,1-2H3,(H,28,35)(H,29,36)(H,30,37)(H,31,38)/t12-,14-,15+,16+,17+,19+,20-,21+/m1/s1. The van der Waals surface area contributed by atoms with E-state index in [4.69, 9.17) is 23.2 Å². The monoisotopic (exact) mass is 585 g/mol. The minimum Gasteiger partial charge on any atom is -0.394 e. The summed E-state index contributed by atoms with van der Waals surface area (Å²) in [7, 11) is 0. The van der Waals surface area contributed by atoms with Gasteiger partial charge >= 0.3 is 0 Å². The molecule has 3 rings (SSSR count). The van der Waals surface area contributed by atoms with Gasteiger partial charge in [-0.3, -0.25) is 24.0 Å². The number of amides is 5. The van der Waals surface area contributed by atoms with E-state index < -0.39 is 83.2 Å². The predicted octanol–water partition coefficient (Wildman–Crippen LogP) is -1.09. The van der Waals surface area contributed by atoms with Crippen molar-refractivity contribution in [1.29, 1.82) is 0 Å². The van der Waals surface area contributed by atoms with Crippen molar-refractivity contribution in [3.8, 4) is 0 Å². The topological polar surface area (TPSA) is 177 Å². The molecule has 12 nitrogen and oxygen atoms in total. The summed E-state index contributed by atoms with van der Waals surface area (Å²) in [5.41, 5.74) is 0.577. The van der Waals surface area contributed by atoms with Gasteiger partial charge in [-0.25, -0.2) is 0 Å². The van der Waals surface area contributed by atoms with Gasteiger partial charge in [-0.15, -0.1) is 23.2 Å². The number of hydrogen-bond acceptors (Lipinski definition) is 7. The normalized spacial score (nSPS) is 32.0. The third-order valence-corrected chi connectivity index (χ3v) is 7.81. The summed E-state index contributed by atoms with van der Waals surface area (Å²) in [5.74, 6) is -3.75. The molecule has 0 radical (unpaired) electrons. The van der Waals surface area contributed by atoms with Crippen molar-refractivity contribution in [2.45, 2.75) is 73.8 Å². The zero-order valence-electron chi connectivity index (χ0n) is 21.5. The second-order valence-corrected chi connectivity index (χ2v) is 10.6. The molecule has 2 aliphatic rings. The van der Waals surface area contributed by atoms with Gasteiger partial charge < -0.3 is 36.4 Å². The van der Waals surface area contributed by atoms with E-state index in [1.54, 1.807) is 37.3 Å². The quantitative estimate of drug-likeness (QED) is 0.243. The van der Waals surface area contributed by atoms with Gasteiger partial charge in [-0.1, -0.05) is 37.3 Å². The van der Waals surface area contributed by atoms with Gasteiger partial charge in [-0.05, 0) is 18.9 Å². The first-order valence-electron chi connectivity index (χ1n) is 12.6. The smallest absolute Gasteiger partial charge is 0.245 e. The highest BCUT2D eigenvalue weighted by Crippen LogP contribution is 2.29. The number of alkyl halides is 2. The number of carbonyl (C=O) groups excluding carboxylic acids is 5. The maximum Gasteiger partial charge on any atom is 0.245 e. The number of rotatable bonds is 4. The summed E-state index contributed by atoms with van der Waals surface area (Å²) >= 11 is 12.7. The number of hydrogen-bond donors (Lipinski definition) is 6. The Hall–Kier alpha value is -2.93. The maximum atomic E-state index is 13.5. The molecule has 0 bridgehead atoms. The first kappa shape index (κ1) is 30.6. The Morgan fingerprint density at radius 2 is 1.62 bits per heavy atom. The van der Waals surface area contributed by atoms with Crippen molar-refractivity contribution < 1.29 is 34.2 Å². The Morgan fingerprint density at radius 1 is 0.949 bits per heavy atom. The molecule has 1 aromatic carbocycles. The third-order valence-electron chi connectivity index (χ3n) is 6.73. The number of benzene rings is 1. The molecule has 0 unspecified atom stereocenters. The van der Waals surface area contributed by atoms with Crippen LogP contribution in [0.4, 0.5) is 0 Å². The maximum absolute atomic E-state index is 13.5. The average molecular weight is 586 g/mol. The SMILES string of the molecule is CC[C@@H]1NC(=O)C[C@@H](c2ccccc2)NC(=O)[C@H](CO)NC(=O)[C@@H]([C@@H](C)O)NC(=O)[C@@H]2[C@@H](Cl)[C@H](Cl)CN2C1=O. The summed E-state index contributed by atoms with van der Waals surface area (Å²) in [5, 5.41) is 28.3. The van der Waals surface area contributed by atoms with Crippen molar-refractivity contribution >= 4 is 52.7 Å². The molecular weight excluding hydrogens is 553 g/mol. The van der Waals surface area contributed by atoms with Gasteiger partial charge in [0.1, 0.15) is 24.2 Å². The molecule has 5 amide bonds. The van der Waals surface area contributed by atoms with E-state index in [1.807, 2.05) is 0 Å². The zero-order valence-corrected chi connectivity index (χ0v) is 23.0. The second-order valence-electron chi connectivity index (χ2n) is 9.57. The molecule has 214 valence electrons. The number of carbonyl (C=O) groups is 5. The summed E-state index contributed by atoms with van der Waals surface area (Å²) < 4.78 is 0. The number of aliphatic hydroxyl groups excluding tert-OH is 2. The lowest BCUT2D eigenvalue weighted by Crippen LogP contribution is -2.62. The van der Waals surface area contributed by atoms with Crippen LogP contribution >= 0.6 is 23.2 Å². The Balaban J connectivity index is 2.02. The molecule has 0 saturated carbocycles. The Labute approximate surface area is 235 Å². The van der Waals surface area contributed by atoms with Crippen LogP contribution < -0.4 is 21.3 Å². The van der Waals surface area contributed by atoms with Crippen molar-refractivity contribution in [2.75, 3.05) is 13.2 Å². The summed E-state index contributed by atoms with van der Waals surface area (Å²) in [4.78, 5) is 67.1. The van der Waals surface area contributed by atoms with Crippen LogP contribution in [0, 0.1) is 0 Å². The Kier molecular flexibility index (Phi) is 10.5. The molecule has 6 N–H and O–H groups in total. The first-order valence-corrected chi connectivity index (χ1v) is 13.5. The van der Waals surface area contributed by atoms with E-state index in [0.717, 1.165) is 4.90 Å². The molecule has 0 spiro atoms. The van der Waals surface area contributed by atoms with Crippen LogP contribution in [0.2, 0.25) is 0 Å². The molecule has 0 aliphatic carbocycles. The second kappa shape index (κ2) is 13.4. The van der Waals surface area contributed by atoms with Crippen molar-refractivity contribution in [1.82, 2.24) is 26.2 Å². The molecule has 2 saturated heterocycles. The Morgan fingerprint density at radius 3 is 2.21 bits per heavy atom. The minimum absolute atomic E-state index is 0.0835. The fourth-order valence-electron chi connectivity index (χ4n) is 4.57. The molecule has 39 heavy (non-hydrogen) atoms. The van der Waals surface area contributed by atoms with E-state index in [-0.39, 0.29) is 19.4 Å². The van der Waals surface area contributed by atoms with Crippen LogP contribution in [0.3, 0.4) is 0 Å². The number of halogens is 2. The van der Waals surface area contributed by atoms with Gasteiger partial charge in [0.25, 0.3) is 0 Å². The molecule has 2 heterocycles. The van der Waals surface area contributed by atoms with Gasteiger partial charge in [0, 0.05) is 6.54 Å². The number of nitrogens with zero attached hydrogens (tertiary/aromatic N) is 1. The lowest BCUT2D eigenvalue weighted by Gasteiger charge is -2.32. The van der Waals surface area contributed by atoms with Crippen LogP contribution in [-0.2, 0) is 24.0 Å². The fraction of sp³-hybridized carbons (Fsp3) is 0.560. The predicted molar refractivity (Wildman–Crippen MR) is 142 cm³/mol. The molecule has 8 atom stereocenters. The molecule has 14 heteroatoms. The average Bonchev–Trinajstić information content (AvgIpc) is 3.21. The number of fused-ring (bicyclic) bond motifs is 1. The largest absolute Gasteiger partial charge is 0.394 e. The molecule has 0 aromatic heterocycles. The number of aliphatic hydroxyl groups is 2. The van der Waals surface area contributed by atoms with Gasteiger partial charge in [-0.2, -0.15) is 0 Å². The fourth-order valence-corrected chi connectivity index (χ4v) is 5.19. The van der Waals surface area contributed by atoms with Gasteiger partial charge in [0.2, 0.25) is 29.5 Å². The lowest BCUT2D eigenvalue weighted by atomic mass is 10.0. The third kappa shape index (κ3) is 7.18. The molecule has 1 aromatic rings. The van der Waals surface area contributed by atoms with E-state index in [2.05, 4.69) is 21.3 Å². The number of nitrogens with one attached hydrogen (secondary N) is 4. The van der Waals surface area contributed by atoms with Crippen LogP contribution in [-0.4, -0.2) is 98.8 Å². The zero-order chi connectivity index (χ0) is 28.9. The molecule has 2 fully saturated rings. The first-order chi connectivity index (χ1) is 18.5. The van der Waals surface area contributed by atoms with E-state index in [1.165, 1.54) is 6.92 Å². The minimum atomic E-state index is -1.55. The summed E-state index contributed by atoms with van der Waals surface area (Å²) in [6.07, 6.45) is -1.49. The van der Waals surface area contributed by atoms with Crippen LogP contribution in [0.15, 0.2) is 30.3 Å². The van der Waals surface area contributed by atoms with Gasteiger partial charge in [0.15, 0.2) is 0 Å². The van der Waals surface area contributed by atoms with E-state index in [0.29, 0.717) is 5.56 Å². The molecule has 2 aliphatic heterocycles. The van der Waals surface area contributed by atoms with Crippen LogP contribution in [0.25, 0.3) is 0 Å². The lowest BCUT2D eigenvalue weighted by molar-refractivity contribution is -0.143.